The van der Waals surface area contributed by atoms with Gasteiger partial charge in [0.15, 0.2) is 0 Å². The molecule has 3 aliphatic rings. The van der Waals surface area contributed by atoms with Crippen molar-refractivity contribution in [2.24, 2.45) is 11.8 Å². The first-order chi connectivity index (χ1) is 9.29. The normalized spacial score (nSPS) is 37.2. The molecule has 2 saturated carbocycles. The lowest BCUT2D eigenvalue weighted by atomic mass is 9.83. The Bertz CT molecular complexity index is 317. The van der Waals surface area contributed by atoms with Gasteiger partial charge in [0, 0.05) is 6.04 Å². The molecule has 0 aromatic carbocycles. The van der Waals surface area contributed by atoms with Crippen molar-refractivity contribution in [2.45, 2.75) is 76.9 Å². The number of carbonyl (C=O) groups excluding carboxylic acids is 1. The number of amides is 1. The number of hydrogen-bond acceptors (Lipinski definition) is 2. The van der Waals surface area contributed by atoms with E-state index in [0.717, 1.165) is 11.8 Å². The number of nitrogens with one attached hydrogen (secondary N) is 1. The summed E-state index contributed by atoms with van der Waals surface area (Å²) in [6.45, 7) is 2.88. The van der Waals surface area contributed by atoms with Gasteiger partial charge in [-0.3, -0.25) is 10.1 Å². The van der Waals surface area contributed by atoms with Crippen molar-refractivity contribution in [1.29, 1.82) is 0 Å². The molecule has 0 radical (unpaired) electrons. The first-order valence-electron chi connectivity index (χ1n) is 8.34. The SMILES string of the molecule is CCC1CCC(N2C(=O)CNC2C2CCCC2)CC1. The Hall–Kier alpha value is -0.570. The quantitative estimate of drug-likeness (QED) is 0.850. The van der Waals surface area contributed by atoms with Gasteiger partial charge >= 0.3 is 0 Å². The fourth-order valence-electron chi connectivity index (χ4n) is 4.47. The average Bonchev–Trinajstić information content (AvgIpc) is 3.08. The molecule has 0 spiro atoms. The van der Waals surface area contributed by atoms with Gasteiger partial charge in [0.2, 0.25) is 5.91 Å². The van der Waals surface area contributed by atoms with Gasteiger partial charge in [0.25, 0.3) is 0 Å². The zero-order chi connectivity index (χ0) is 13.2. The molecule has 1 heterocycles. The summed E-state index contributed by atoms with van der Waals surface area (Å²) in [5, 5.41) is 3.50. The Labute approximate surface area is 117 Å². The smallest absolute Gasteiger partial charge is 0.238 e. The Morgan fingerprint density at radius 2 is 1.79 bits per heavy atom. The molecule has 3 nitrogen and oxygen atoms in total. The van der Waals surface area contributed by atoms with Crippen LogP contribution in [0.25, 0.3) is 0 Å². The van der Waals surface area contributed by atoms with Crippen molar-refractivity contribution in [1.82, 2.24) is 10.2 Å². The van der Waals surface area contributed by atoms with Gasteiger partial charge in [-0.15, -0.1) is 0 Å². The molecule has 3 fully saturated rings. The molecule has 3 rings (SSSR count). The summed E-state index contributed by atoms with van der Waals surface area (Å²) < 4.78 is 0. The van der Waals surface area contributed by atoms with Gasteiger partial charge in [-0.2, -0.15) is 0 Å². The molecular weight excluding hydrogens is 236 g/mol. The molecule has 0 aromatic rings. The van der Waals surface area contributed by atoms with Crippen LogP contribution in [0.2, 0.25) is 0 Å². The summed E-state index contributed by atoms with van der Waals surface area (Å²) in [5.41, 5.74) is 0. The first kappa shape index (κ1) is 13.4. The first-order valence-corrected chi connectivity index (χ1v) is 8.34. The van der Waals surface area contributed by atoms with Crippen molar-refractivity contribution >= 4 is 5.91 Å². The van der Waals surface area contributed by atoms with Crippen LogP contribution in [-0.4, -0.2) is 29.6 Å². The third kappa shape index (κ3) is 2.67. The third-order valence-electron chi connectivity index (χ3n) is 5.68. The highest BCUT2D eigenvalue weighted by Crippen LogP contribution is 2.36. The van der Waals surface area contributed by atoms with Crippen molar-refractivity contribution in [3.8, 4) is 0 Å². The Morgan fingerprint density at radius 1 is 1.11 bits per heavy atom. The number of nitrogens with zero attached hydrogens (tertiary/aromatic N) is 1. The van der Waals surface area contributed by atoms with E-state index in [1.165, 1.54) is 57.8 Å². The fourth-order valence-corrected chi connectivity index (χ4v) is 4.47. The third-order valence-corrected chi connectivity index (χ3v) is 5.68. The minimum absolute atomic E-state index is 0.358. The average molecular weight is 264 g/mol. The number of hydrogen-bond donors (Lipinski definition) is 1. The van der Waals surface area contributed by atoms with Crippen LogP contribution in [0.15, 0.2) is 0 Å². The second-order valence-corrected chi connectivity index (χ2v) is 6.75. The Morgan fingerprint density at radius 3 is 2.42 bits per heavy atom. The molecule has 1 unspecified atom stereocenters. The maximum atomic E-state index is 12.3. The molecule has 1 aliphatic heterocycles. The van der Waals surface area contributed by atoms with Crippen LogP contribution in [0.4, 0.5) is 0 Å². The van der Waals surface area contributed by atoms with Gasteiger partial charge in [-0.1, -0.05) is 26.2 Å². The predicted molar refractivity (Wildman–Crippen MR) is 76.6 cm³/mol. The second kappa shape index (κ2) is 5.82. The number of carbonyl (C=O) groups is 1. The van der Waals surface area contributed by atoms with Crippen LogP contribution in [0.3, 0.4) is 0 Å². The topological polar surface area (TPSA) is 32.3 Å². The van der Waals surface area contributed by atoms with Crippen LogP contribution in [0.1, 0.15) is 64.7 Å². The van der Waals surface area contributed by atoms with Gasteiger partial charge in [0.05, 0.1) is 12.7 Å². The standard InChI is InChI=1S/C16H28N2O/c1-2-12-7-9-14(10-8-12)18-15(19)11-17-16(18)13-5-3-4-6-13/h12-14,16-17H,2-11H2,1H3. The molecule has 0 bridgehead atoms. The van der Waals surface area contributed by atoms with Crippen LogP contribution in [-0.2, 0) is 4.79 Å². The lowest BCUT2D eigenvalue weighted by molar-refractivity contribution is -0.132. The highest BCUT2D eigenvalue weighted by Gasteiger charge is 2.41. The molecule has 108 valence electrons. The zero-order valence-electron chi connectivity index (χ0n) is 12.2. The van der Waals surface area contributed by atoms with Crippen LogP contribution < -0.4 is 5.32 Å². The molecule has 3 heteroatoms. The van der Waals surface area contributed by atoms with Gasteiger partial charge in [0.1, 0.15) is 0 Å². The number of rotatable bonds is 3. The van der Waals surface area contributed by atoms with E-state index in [9.17, 15) is 4.79 Å². The molecule has 2 aliphatic carbocycles. The van der Waals surface area contributed by atoms with Gasteiger partial charge in [-0.05, 0) is 50.4 Å². The predicted octanol–water partition coefficient (Wildman–Crippen LogP) is 2.90. The maximum Gasteiger partial charge on any atom is 0.238 e. The molecule has 1 atom stereocenters. The van der Waals surface area contributed by atoms with E-state index in [1.807, 2.05) is 0 Å². The lowest BCUT2D eigenvalue weighted by Crippen LogP contribution is -2.49. The maximum absolute atomic E-state index is 12.3. The summed E-state index contributed by atoms with van der Waals surface area (Å²) in [6, 6.07) is 0.524. The second-order valence-electron chi connectivity index (χ2n) is 6.75. The molecular formula is C16H28N2O. The van der Waals surface area contributed by atoms with E-state index in [1.54, 1.807) is 0 Å². The van der Waals surface area contributed by atoms with Crippen molar-refractivity contribution < 1.29 is 4.79 Å². The molecule has 1 N–H and O–H groups in total. The Kier molecular flexibility index (Phi) is 4.11. The van der Waals surface area contributed by atoms with Crippen molar-refractivity contribution in [3.63, 3.8) is 0 Å². The van der Waals surface area contributed by atoms with E-state index in [-0.39, 0.29) is 0 Å². The fraction of sp³-hybridized carbons (Fsp3) is 0.938. The lowest BCUT2D eigenvalue weighted by Gasteiger charge is -2.39. The summed E-state index contributed by atoms with van der Waals surface area (Å²) in [4.78, 5) is 14.5. The minimum Gasteiger partial charge on any atom is -0.323 e. The van der Waals surface area contributed by atoms with Gasteiger partial charge < -0.3 is 4.90 Å². The largest absolute Gasteiger partial charge is 0.323 e. The van der Waals surface area contributed by atoms with E-state index in [4.69, 9.17) is 0 Å². The van der Waals surface area contributed by atoms with Crippen LogP contribution in [0, 0.1) is 11.8 Å². The molecule has 1 saturated heterocycles. The summed E-state index contributed by atoms with van der Waals surface area (Å²) in [5.74, 6) is 1.99. The van der Waals surface area contributed by atoms with Crippen molar-refractivity contribution in [2.75, 3.05) is 6.54 Å². The van der Waals surface area contributed by atoms with E-state index in [0.29, 0.717) is 24.7 Å². The minimum atomic E-state index is 0.358. The zero-order valence-corrected chi connectivity index (χ0v) is 12.2. The molecule has 19 heavy (non-hydrogen) atoms. The van der Waals surface area contributed by atoms with E-state index >= 15 is 0 Å². The highest BCUT2D eigenvalue weighted by molar-refractivity contribution is 5.81. The van der Waals surface area contributed by atoms with Crippen LogP contribution >= 0.6 is 0 Å². The monoisotopic (exact) mass is 264 g/mol. The van der Waals surface area contributed by atoms with Crippen LogP contribution in [0.5, 0.6) is 0 Å². The van der Waals surface area contributed by atoms with Crippen molar-refractivity contribution in [3.05, 3.63) is 0 Å². The van der Waals surface area contributed by atoms with E-state index in [2.05, 4.69) is 17.1 Å². The summed E-state index contributed by atoms with van der Waals surface area (Å²) >= 11 is 0. The molecule has 1 amide bonds. The Balaban J connectivity index is 1.65. The van der Waals surface area contributed by atoms with Gasteiger partial charge in [-0.25, -0.2) is 0 Å². The molecule has 0 aromatic heterocycles. The highest BCUT2D eigenvalue weighted by atomic mass is 16.2. The summed E-state index contributed by atoms with van der Waals surface area (Å²) in [7, 11) is 0. The summed E-state index contributed by atoms with van der Waals surface area (Å²) in [6.07, 6.45) is 12.1. The van der Waals surface area contributed by atoms with E-state index < -0.39 is 0 Å².